The number of nitrogens with zero attached hydrogens (tertiary/aromatic N) is 1. The zero-order chi connectivity index (χ0) is 16.4. The third-order valence-electron chi connectivity index (χ3n) is 2.90. The molecule has 0 saturated heterocycles. The Hall–Kier alpha value is -1.89. The number of aromatic nitrogens is 1. The normalized spacial score (nSPS) is 11.5. The Bertz CT molecular complexity index is 508. The van der Waals surface area contributed by atoms with Gasteiger partial charge in [0.2, 0.25) is 5.91 Å². The van der Waals surface area contributed by atoms with Gasteiger partial charge in [0.05, 0.1) is 13.5 Å². The van der Waals surface area contributed by atoms with Crippen LogP contribution in [0.2, 0.25) is 0 Å². The maximum absolute atomic E-state index is 12.4. The van der Waals surface area contributed by atoms with Crippen LogP contribution in [-0.4, -0.2) is 47.8 Å². The van der Waals surface area contributed by atoms with Crippen molar-refractivity contribution in [3.63, 3.8) is 0 Å². The molecule has 0 spiro atoms. The number of amides is 1. The minimum Gasteiger partial charge on any atom is -0.469 e. The third-order valence-corrected chi connectivity index (χ3v) is 4.03. The highest BCUT2D eigenvalue weighted by atomic mass is 32.2. The van der Waals surface area contributed by atoms with E-state index in [1.54, 1.807) is 18.3 Å². The lowest BCUT2D eigenvalue weighted by molar-refractivity contribution is -0.141. The third kappa shape index (κ3) is 6.71. The minimum absolute atomic E-state index is 0.0391. The Morgan fingerprint density at radius 1 is 1.41 bits per heavy atom. The summed E-state index contributed by atoms with van der Waals surface area (Å²) in [6.07, 6.45) is 3.13. The number of ether oxygens (including phenoxy) is 1. The van der Waals surface area contributed by atoms with Crippen LogP contribution < -0.4 is 5.32 Å². The average Bonchev–Trinajstić information content (AvgIpc) is 2.53. The molecular formula is C15H20N2O4S. The van der Waals surface area contributed by atoms with Crippen LogP contribution in [0.5, 0.6) is 0 Å². The number of thioether (sulfide) groups is 1. The quantitative estimate of drug-likeness (QED) is 0.419. The molecule has 0 aliphatic heterocycles. The van der Waals surface area contributed by atoms with E-state index in [1.165, 1.54) is 32.0 Å². The van der Waals surface area contributed by atoms with Crippen molar-refractivity contribution in [2.45, 2.75) is 13.3 Å². The summed E-state index contributed by atoms with van der Waals surface area (Å²) >= 11 is 1.52. The molecule has 0 bridgehead atoms. The molecule has 0 radical (unpaired) electrons. The van der Waals surface area contributed by atoms with Gasteiger partial charge in [-0.15, -0.1) is 0 Å². The van der Waals surface area contributed by atoms with Gasteiger partial charge in [0.15, 0.2) is 5.78 Å². The molecule has 1 atom stereocenters. The molecule has 22 heavy (non-hydrogen) atoms. The van der Waals surface area contributed by atoms with Crippen LogP contribution in [0.1, 0.15) is 23.7 Å². The Balaban J connectivity index is 2.58. The first kappa shape index (κ1) is 18.2. The van der Waals surface area contributed by atoms with E-state index in [0.29, 0.717) is 23.6 Å². The van der Waals surface area contributed by atoms with Crippen LogP contribution in [0.25, 0.3) is 0 Å². The number of nitrogens with one attached hydrogen (secondary N) is 1. The second kappa shape index (κ2) is 9.94. The van der Waals surface area contributed by atoms with Gasteiger partial charge in [-0.25, -0.2) is 0 Å². The monoisotopic (exact) mass is 324 g/mol. The highest BCUT2D eigenvalue weighted by Gasteiger charge is 2.23. The summed E-state index contributed by atoms with van der Waals surface area (Å²) in [7, 11) is 1.30. The lowest BCUT2D eigenvalue weighted by Crippen LogP contribution is -2.25. The predicted molar refractivity (Wildman–Crippen MR) is 84.7 cm³/mol. The molecule has 0 aliphatic rings. The fourth-order valence-electron chi connectivity index (χ4n) is 1.78. The first-order chi connectivity index (χ1) is 10.5. The van der Waals surface area contributed by atoms with Gasteiger partial charge in [0.25, 0.3) is 0 Å². The van der Waals surface area contributed by atoms with Crippen molar-refractivity contribution in [3.05, 3.63) is 30.1 Å². The fraction of sp³-hybridized carbons (Fsp3) is 0.467. The molecule has 7 heteroatoms. The minimum atomic E-state index is -0.459. The summed E-state index contributed by atoms with van der Waals surface area (Å²) in [6, 6.07) is 3.37. The molecule has 0 fully saturated rings. The van der Waals surface area contributed by atoms with Gasteiger partial charge < -0.3 is 10.1 Å². The number of hydrogen-bond donors (Lipinski definition) is 1. The van der Waals surface area contributed by atoms with E-state index in [2.05, 4.69) is 15.0 Å². The van der Waals surface area contributed by atoms with Gasteiger partial charge in [-0.1, -0.05) is 0 Å². The van der Waals surface area contributed by atoms with Crippen LogP contribution in [0, 0.1) is 5.92 Å². The molecular weight excluding hydrogens is 304 g/mol. The maximum atomic E-state index is 12.4. The average molecular weight is 324 g/mol. The first-order valence-electron chi connectivity index (χ1n) is 6.87. The molecule has 1 rings (SSSR count). The SMILES string of the molecule is COC(=O)CC(CSCCNC(C)=O)C(=O)c1cccnc1. The van der Waals surface area contributed by atoms with Crippen molar-refractivity contribution in [2.75, 3.05) is 25.2 Å². The molecule has 1 unspecified atom stereocenters. The van der Waals surface area contributed by atoms with Crippen LogP contribution in [0.3, 0.4) is 0 Å². The van der Waals surface area contributed by atoms with E-state index < -0.39 is 11.9 Å². The number of rotatable bonds is 9. The highest BCUT2D eigenvalue weighted by molar-refractivity contribution is 7.99. The van der Waals surface area contributed by atoms with Crippen LogP contribution in [-0.2, 0) is 14.3 Å². The first-order valence-corrected chi connectivity index (χ1v) is 8.03. The standard InChI is InChI=1S/C15H20N2O4S/c1-11(18)17-6-7-22-10-13(8-14(19)21-2)15(20)12-4-3-5-16-9-12/h3-5,9,13H,6-8,10H2,1-2H3,(H,17,18). The van der Waals surface area contributed by atoms with Crippen molar-refractivity contribution < 1.29 is 19.1 Å². The summed E-state index contributed by atoms with van der Waals surface area (Å²) in [5.41, 5.74) is 0.485. The van der Waals surface area contributed by atoms with Crippen LogP contribution >= 0.6 is 11.8 Å². The molecule has 1 heterocycles. The molecule has 0 aromatic carbocycles. The van der Waals surface area contributed by atoms with E-state index in [4.69, 9.17) is 0 Å². The molecule has 120 valence electrons. The smallest absolute Gasteiger partial charge is 0.306 e. The molecule has 1 aromatic heterocycles. The number of Topliss-reactive ketones (excluding diaryl/α,β-unsaturated/α-hetero) is 1. The summed E-state index contributed by atoms with van der Waals surface area (Å²) in [5, 5.41) is 2.69. The van der Waals surface area contributed by atoms with Gasteiger partial charge >= 0.3 is 5.97 Å². The molecule has 1 aromatic rings. The predicted octanol–water partition coefficient (Wildman–Crippen LogP) is 1.31. The lowest BCUT2D eigenvalue weighted by Gasteiger charge is -2.14. The molecule has 0 saturated carbocycles. The summed E-state index contributed by atoms with van der Waals surface area (Å²) in [5.74, 6) is 0.0901. The van der Waals surface area contributed by atoms with Gasteiger partial charge in [-0.2, -0.15) is 11.8 Å². The molecule has 1 amide bonds. The van der Waals surface area contributed by atoms with E-state index in [9.17, 15) is 14.4 Å². The van der Waals surface area contributed by atoms with Crippen molar-refractivity contribution in [1.29, 1.82) is 0 Å². The number of hydrogen-bond acceptors (Lipinski definition) is 6. The van der Waals surface area contributed by atoms with Gasteiger partial charge in [-0.3, -0.25) is 19.4 Å². The van der Waals surface area contributed by atoms with Crippen molar-refractivity contribution in [2.24, 2.45) is 5.92 Å². The van der Waals surface area contributed by atoms with E-state index >= 15 is 0 Å². The molecule has 1 N–H and O–H groups in total. The Morgan fingerprint density at radius 2 is 2.18 bits per heavy atom. The van der Waals surface area contributed by atoms with Gasteiger partial charge in [-0.05, 0) is 12.1 Å². The Kier molecular flexibility index (Phi) is 8.21. The van der Waals surface area contributed by atoms with Gasteiger partial charge in [0.1, 0.15) is 0 Å². The van der Waals surface area contributed by atoms with E-state index in [-0.39, 0.29) is 18.1 Å². The van der Waals surface area contributed by atoms with Crippen LogP contribution in [0.15, 0.2) is 24.5 Å². The van der Waals surface area contributed by atoms with E-state index in [0.717, 1.165) is 0 Å². The van der Waals surface area contributed by atoms with Crippen molar-refractivity contribution >= 4 is 29.4 Å². The number of esters is 1. The van der Waals surface area contributed by atoms with Crippen LogP contribution in [0.4, 0.5) is 0 Å². The summed E-state index contributed by atoms with van der Waals surface area (Å²) < 4.78 is 4.65. The Morgan fingerprint density at radius 3 is 2.77 bits per heavy atom. The number of ketones is 1. The van der Waals surface area contributed by atoms with Crippen molar-refractivity contribution in [3.8, 4) is 0 Å². The second-order valence-corrected chi connectivity index (χ2v) is 5.79. The number of methoxy groups -OCH3 is 1. The zero-order valence-corrected chi connectivity index (χ0v) is 13.5. The maximum Gasteiger partial charge on any atom is 0.306 e. The second-order valence-electron chi connectivity index (χ2n) is 4.64. The molecule has 0 aliphatic carbocycles. The number of pyridine rings is 1. The molecule has 6 nitrogen and oxygen atoms in total. The van der Waals surface area contributed by atoms with Crippen molar-refractivity contribution in [1.82, 2.24) is 10.3 Å². The van der Waals surface area contributed by atoms with E-state index in [1.807, 2.05) is 0 Å². The number of carbonyl (C=O) groups excluding carboxylic acids is 3. The lowest BCUT2D eigenvalue weighted by atomic mass is 9.97. The summed E-state index contributed by atoms with van der Waals surface area (Å²) in [4.78, 5) is 38.6. The largest absolute Gasteiger partial charge is 0.469 e. The highest BCUT2D eigenvalue weighted by Crippen LogP contribution is 2.18. The zero-order valence-electron chi connectivity index (χ0n) is 12.7. The topological polar surface area (TPSA) is 85.4 Å². The Labute approximate surface area is 134 Å². The summed E-state index contributed by atoms with van der Waals surface area (Å²) in [6.45, 7) is 1.99. The van der Waals surface area contributed by atoms with Gasteiger partial charge in [0, 0.05) is 48.8 Å². The number of carbonyl (C=O) groups is 3. The fourth-order valence-corrected chi connectivity index (χ4v) is 2.75.